The first-order valence-corrected chi connectivity index (χ1v) is 12.0. The Kier molecular flexibility index (Phi) is 9.41. The van der Waals surface area contributed by atoms with E-state index in [1.54, 1.807) is 0 Å². The van der Waals surface area contributed by atoms with Crippen LogP contribution in [-0.4, -0.2) is 84.4 Å². The SMILES string of the molecule is CC.CCC(=O)NC1CCC12CCN(C(=O)CCN1CCN(C(C)C)CC1)CC2.[HH]. The molecule has 2 amide bonds. The molecule has 3 rings (SSSR count). The van der Waals surface area contributed by atoms with Gasteiger partial charge in [-0.2, -0.15) is 0 Å². The summed E-state index contributed by atoms with van der Waals surface area (Å²) in [5, 5.41) is 3.20. The van der Waals surface area contributed by atoms with Gasteiger partial charge < -0.3 is 15.1 Å². The van der Waals surface area contributed by atoms with Crippen LogP contribution in [0.15, 0.2) is 0 Å². The Morgan fingerprint density at radius 1 is 1.03 bits per heavy atom. The highest BCUT2D eigenvalue weighted by Crippen LogP contribution is 2.49. The summed E-state index contributed by atoms with van der Waals surface area (Å²) in [6.45, 7) is 17.4. The zero-order valence-corrected chi connectivity index (χ0v) is 19.5. The molecule has 1 saturated carbocycles. The Morgan fingerprint density at radius 2 is 1.66 bits per heavy atom. The first-order valence-electron chi connectivity index (χ1n) is 12.0. The van der Waals surface area contributed by atoms with Crippen LogP contribution in [0, 0.1) is 5.41 Å². The summed E-state index contributed by atoms with van der Waals surface area (Å²) >= 11 is 0. The third-order valence-electron chi connectivity index (χ3n) is 7.22. The second kappa shape index (κ2) is 11.3. The molecule has 1 aliphatic carbocycles. The first kappa shape index (κ1) is 24.1. The Balaban J connectivity index is 0.00000146. The molecule has 0 bridgehead atoms. The molecule has 2 aliphatic heterocycles. The van der Waals surface area contributed by atoms with Crippen LogP contribution in [-0.2, 0) is 9.59 Å². The van der Waals surface area contributed by atoms with Crippen molar-refractivity contribution in [2.24, 2.45) is 5.41 Å². The van der Waals surface area contributed by atoms with Crippen molar-refractivity contribution in [1.82, 2.24) is 20.0 Å². The average Bonchev–Trinajstić information content (AvgIpc) is 2.76. The molecule has 2 saturated heterocycles. The van der Waals surface area contributed by atoms with Crippen molar-refractivity contribution in [3.63, 3.8) is 0 Å². The highest BCUT2D eigenvalue weighted by molar-refractivity contribution is 5.77. The van der Waals surface area contributed by atoms with Crippen molar-refractivity contribution in [3.05, 3.63) is 0 Å². The Hall–Kier alpha value is -1.14. The molecular weight excluding hydrogens is 364 g/mol. The monoisotopic (exact) mass is 410 g/mol. The topological polar surface area (TPSA) is 55.9 Å². The maximum atomic E-state index is 12.7. The number of piperidine rings is 1. The Labute approximate surface area is 179 Å². The van der Waals surface area contributed by atoms with Crippen LogP contribution in [0.1, 0.15) is 74.6 Å². The van der Waals surface area contributed by atoms with Crippen molar-refractivity contribution in [3.8, 4) is 0 Å². The molecule has 3 fully saturated rings. The van der Waals surface area contributed by atoms with Crippen molar-refractivity contribution in [2.75, 3.05) is 45.8 Å². The van der Waals surface area contributed by atoms with Crippen molar-refractivity contribution in [2.45, 2.75) is 85.2 Å². The second-order valence-corrected chi connectivity index (χ2v) is 8.98. The summed E-state index contributed by atoms with van der Waals surface area (Å²) in [6, 6.07) is 0.950. The second-order valence-electron chi connectivity index (χ2n) is 8.98. The van der Waals surface area contributed by atoms with Gasteiger partial charge in [-0.3, -0.25) is 14.5 Å². The molecular formula is C23H46N4O2. The van der Waals surface area contributed by atoms with E-state index in [-0.39, 0.29) is 12.7 Å². The van der Waals surface area contributed by atoms with E-state index in [0.717, 1.165) is 65.1 Å². The molecule has 2 heterocycles. The predicted octanol–water partition coefficient (Wildman–Crippen LogP) is 2.97. The summed E-state index contributed by atoms with van der Waals surface area (Å²) < 4.78 is 0. The number of carbonyl (C=O) groups excluding carboxylic acids is 2. The summed E-state index contributed by atoms with van der Waals surface area (Å²) in [5.41, 5.74) is 0.259. The largest absolute Gasteiger partial charge is 0.353 e. The third-order valence-corrected chi connectivity index (χ3v) is 7.22. The van der Waals surface area contributed by atoms with E-state index >= 15 is 0 Å². The number of carbonyl (C=O) groups is 2. The number of nitrogens with zero attached hydrogens (tertiary/aromatic N) is 3. The van der Waals surface area contributed by atoms with E-state index < -0.39 is 0 Å². The van der Waals surface area contributed by atoms with E-state index in [2.05, 4.69) is 33.9 Å². The molecule has 0 aromatic rings. The van der Waals surface area contributed by atoms with Crippen molar-refractivity contribution < 1.29 is 11.0 Å². The maximum absolute atomic E-state index is 12.7. The molecule has 170 valence electrons. The van der Waals surface area contributed by atoms with Gasteiger partial charge in [0, 0.05) is 72.2 Å². The van der Waals surface area contributed by atoms with E-state index in [9.17, 15) is 9.59 Å². The Bertz CT molecular complexity index is 527. The van der Waals surface area contributed by atoms with Gasteiger partial charge in [-0.15, -0.1) is 0 Å². The minimum Gasteiger partial charge on any atom is -0.353 e. The normalized spacial score (nSPS) is 24.6. The molecule has 6 nitrogen and oxygen atoms in total. The van der Waals surface area contributed by atoms with Crippen LogP contribution in [0.4, 0.5) is 0 Å². The van der Waals surface area contributed by atoms with Crippen LogP contribution in [0.5, 0.6) is 0 Å². The van der Waals surface area contributed by atoms with Gasteiger partial charge in [0.05, 0.1) is 0 Å². The number of likely N-dealkylation sites (tertiary alicyclic amines) is 1. The molecule has 0 radical (unpaired) electrons. The zero-order chi connectivity index (χ0) is 21.4. The van der Waals surface area contributed by atoms with Gasteiger partial charge in [0.25, 0.3) is 0 Å². The number of hydrogen-bond acceptors (Lipinski definition) is 4. The van der Waals surface area contributed by atoms with Crippen LogP contribution in [0.25, 0.3) is 0 Å². The van der Waals surface area contributed by atoms with Gasteiger partial charge >= 0.3 is 0 Å². The van der Waals surface area contributed by atoms with Gasteiger partial charge in [-0.05, 0) is 44.9 Å². The highest BCUT2D eigenvalue weighted by Gasteiger charge is 2.49. The minimum atomic E-state index is 0. The fraction of sp³-hybridized carbons (Fsp3) is 0.913. The molecule has 1 N–H and O–H groups in total. The van der Waals surface area contributed by atoms with Crippen LogP contribution < -0.4 is 5.32 Å². The number of amides is 2. The van der Waals surface area contributed by atoms with Gasteiger partial charge in [0.15, 0.2) is 0 Å². The number of nitrogens with one attached hydrogen (secondary N) is 1. The molecule has 0 aromatic carbocycles. The molecule has 1 spiro atoms. The van der Waals surface area contributed by atoms with Gasteiger partial charge in [0.1, 0.15) is 0 Å². The molecule has 1 atom stereocenters. The number of piperazine rings is 1. The molecule has 3 aliphatic rings. The fourth-order valence-corrected chi connectivity index (χ4v) is 4.93. The minimum absolute atomic E-state index is 0. The molecule has 0 aromatic heterocycles. The summed E-state index contributed by atoms with van der Waals surface area (Å²) in [4.78, 5) is 31.4. The van der Waals surface area contributed by atoms with Crippen LogP contribution >= 0.6 is 0 Å². The molecule has 29 heavy (non-hydrogen) atoms. The Morgan fingerprint density at radius 3 is 2.14 bits per heavy atom. The fourth-order valence-electron chi connectivity index (χ4n) is 4.93. The van der Waals surface area contributed by atoms with E-state index in [4.69, 9.17) is 0 Å². The van der Waals surface area contributed by atoms with E-state index in [1.807, 2.05) is 20.8 Å². The highest BCUT2D eigenvalue weighted by atomic mass is 16.2. The molecule has 6 heteroatoms. The lowest BCUT2D eigenvalue weighted by Gasteiger charge is -2.54. The average molecular weight is 411 g/mol. The lowest BCUT2D eigenvalue weighted by molar-refractivity contribution is -0.137. The van der Waals surface area contributed by atoms with E-state index in [0.29, 0.717) is 30.8 Å². The van der Waals surface area contributed by atoms with Crippen molar-refractivity contribution in [1.29, 1.82) is 0 Å². The lowest BCUT2D eigenvalue weighted by atomic mass is 9.59. The summed E-state index contributed by atoms with van der Waals surface area (Å²) in [6.07, 6.45) is 5.58. The molecule has 1 unspecified atom stereocenters. The van der Waals surface area contributed by atoms with Gasteiger partial charge in [-0.1, -0.05) is 20.8 Å². The van der Waals surface area contributed by atoms with Crippen LogP contribution in [0.2, 0.25) is 0 Å². The summed E-state index contributed by atoms with van der Waals surface area (Å²) in [7, 11) is 0. The number of hydrogen-bond donors (Lipinski definition) is 1. The zero-order valence-electron chi connectivity index (χ0n) is 19.5. The lowest BCUT2D eigenvalue weighted by Crippen LogP contribution is -2.59. The van der Waals surface area contributed by atoms with E-state index in [1.165, 1.54) is 6.42 Å². The predicted molar refractivity (Wildman–Crippen MR) is 121 cm³/mol. The standard InChI is InChI=1S/C21H38N4O2.C2H6.H2/c1-4-19(26)22-18-5-7-21(18)8-11-25(12-9-21)20(27)6-10-23-13-15-24(16-14-23)17(2)3;1-2;/h17-18H,4-16H2,1-3H3,(H,22,26);1-2H3;1H. The number of rotatable bonds is 6. The first-order chi connectivity index (χ1) is 13.9. The maximum Gasteiger partial charge on any atom is 0.223 e. The van der Waals surface area contributed by atoms with Crippen LogP contribution in [0.3, 0.4) is 0 Å². The van der Waals surface area contributed by atoms with Gasteiger partial charge in [0.2, 0.25) is 11.8 Å². The smallest absolute Gasteiger partial charge is 0.223 e. The van der Waals surface area contributed by atoms with Crippen molar-refractivity contribution >= 4 is 11.8 Å². The quantitative estimate of drug-likeness (QED) is 0.731. The summed E-state index contributed by atoms with van der Waals surface area (Å²) in [5.74, 6) is 0.472. The third kappa shape index (κ3) is 6.17. The van der Waals surface area contributed by atoms with Gasteiger partial charge in [-0.25, -0.2) is 0 Å².